The summed E-state index contributed by atoms with van der Waals surface area (Å²) in [5.41, 5.74) is 2.92. The highest BCUT2D eigenvalue weighted by atomic mass is 35.5. The summed E-state index contributed by atoms with van der Waals surface area (Å²) in [5.74, 6) is -0.565. The molecule has 1 amide bonds. The molecular formula is C18H15ClFN3OS. The molecule has 0 fully saturated rings. The van der Waals surface area contributed by atoms with E-state index in [1.54, 1.807) is 25.1 Å². The summed E-state index contributed by atoms with van der Waals surface area (Å²) in [7, 11) is 0. The molecule has 4 nitrogen and oxygen atoms in total. The zero-order valence-electron chi connectivity index (χ0n) is 13.3. The van der Waals surface area contributed by atoms with Crippen molar-refractivity contribution in [2.75, 3.05) is 10.6 Å². The average Bonchev–Trinajstić information content (AvgIpc) is 3.03. The zero-order valence-corrected chi connectivity index (χ0v) is 14.9. The molecule has 0 saturated carbocycles. The molecule has 128 valence electrons. The van der Waals surface area contributed by atoms with Crippen LogP contribution in [0.1, 0.15) is 6.92 Å². The van der Waals surface area contributed by atoms with Crippen molar-refractivity contribution < 1.29 is 9.18 Å². The zero-order chi connectivity index (χ0) is 17.8. The molecule has 0 aliphatic heterocycles. The van der Waals surface area contributed by atoms with Crippen molar-refractivity contribution >= 4 is 45.4 Å². The Morgan fingerprint density at radius 1 is 1.20 bits per heavy atom. The van der Waals surface area contributed by atoms with E-state index in [4.69, 9.17) is 11.6 Å². The molecule has 1 aromatic heterocycles. The summed E-state index contributed by atoms with van der Waals surface area (Å²) in [6, 6.07) is 13.6. The number of hydrogen-bond acceptors (Lipinski definition) is 4. The van der Waals surface area contributed by atoms with Gasteiger partial charge in [0, 0.05) is 22.3 Å². The third kappa shape index (κ3) is 4.55. The van der Waals surface area contributed by atoms with Crippen LogP contribution in [-0.4, -0.2) is 16.3 Å². The van der Waals surface area contributed by atoms with E-state index in [2.05, 4.69) is 15.6 Å². The number of amides is 1. The standard InChI is InChI=1S/C18H15ClFN3OS/c1-11(19)17(24)21-14-6-2-4-12(8-14)16-10-25-18(23-16)22-15-7-3-5-13(20)9-15/h2-11H,1H3,(H,21,24)(H,22,23). The van der Waals surface area contributed by atoms with Crippen molar-refractivity contribution in [3.63, 3.8) is 0 Å². The molecule has 3 rings (SSSR count). The summed E-state index contributed by atoms with van der Waals surface area (Å²) >= 11 is 7.19. The first-order chi connectivity index (χ1) is 12.0. The van der Waals surface area contributed by atoms with Gasteiger partial charge >= 0.3 is 0 Å². The number of alkyl halides is 1. The van der Waals surface area contributed by atoms with E-state index < -0.39 is 5.38 Å². The van der Waals surface area contributed by atoms with Crippen molar-refractivity contribution in [2.45, 2.75) is 12.3 Å². The van der Waals surface area contributed by atoms with Gasteiger partial charge in [0.2, 0.25) is 5.91 Å². The second-order valence-corrected chi connectivity index (χ2v) is 6.87. The van der Waals surface area contributed by atoms with Gasteiger partial charge in [-0.3, -0.25) is 4.79 Å². The lowest BCUT2D eigenvalue weighted by Crippen LogP contribution is -2.20. The van der Waals surface area contributed by atoms with Crippen LogP contribution in [0.5, 0.6) is 0 Å². The summed E-state index contributed by atoms with van der Waals surface area (Å²) < 4.78 is 13.2. The SMILES string of the molecule is CC(Cl)C(=O)Nc1cccc(-c2csc(Nc3cccc(F)c3)n2)c1. The van der Waals surface area contributed by atoms with Crippen LogP contribution in [0.25, 0.3) is 11.3 Å². The van der Waals surface area contributed by atoms with Gasteiger partial charge in [0.25, 0.3) is 0 Å². The molecule has 0 saturated heterocycles. The van der Waals surface area contributed by atoms with E-state index in [9.17, 15) is 9.18 Å². The molecule has 1 unspecified atom stereocenters. The Labute approximate surface area is 153 Å². The lowest BCUT2D eigenvalue weighted by Gasteiger charge is -2.07. The first-order valence-corrected chi connectivity index (χ1v) is 8.86. The second kappa shape index (κ2) is 7.63. The van der Waals surface area contributed by atoms with E-state index in [1.807, 2.05) is 23.6 Å². The number of nitrogens with one attached hydrogen (secondary N) is 2. The minimum Gasteiger partial charge on any atom is -0.331 e. The molecule has 25 heavy (non-hydrogen) atoms. The predicted molar refractivity (Wildman–Crippen MR) is 101 cm³/mol. The largest absolute Gasteiger partial charge is 0.331 e. The summed E-state index contributed by atoms with van der Waals surface area (Å²) in [4.78, 5) is 16.2. The fourth-order valence-electron chi connectivity index (χ4n) is 2.15. The van der Waals surface area contributed by atoms with Crippen molar-refractivity contribution in [3.05, 3.63) is 59.7 Å². The summed E-state index contributed by atoms with van der Waals surface area (Å²) in [5, 5.41) is 7.77. The Morgan fingerprint density at radius 2 is 1.96 bits per heavy atom. The van der Waals surface area contributed by atoms with Crippen LogP contribution in [-0.2, 0) is 4.79 Å². The van der Waals surface area contributed by atoms with Crippen molar-refractivity contribution in [3.8, 4) is 11.3 Å². The fourth-order valence-corrected chi connectivity index (χ4v) is 2.95. The molecular weight excluding hydrogens is 361 g/mol. The lowest BCUT2D eigenvalue weighted by atomic mass is 10.1. The van der Waals surface area contributed by atoms with Crippen molar-refractivity contribution in [1.82, 2.24) is 4.98 Å². The van der Waals surface area contributed by atoms with E-state index in [0.717, 1.165) is 11.3 Å². The maximum Gasteiger partial charge on any atom is 0.242 e. The number of hydrogen-bond donors (Lipinski definition) is 2. The monoisotopic (exact) mass is 375 g/mol. The Hall–Kier alpha value is -2.44. The highest BCUT2D eigenvalue weighted by molar-refractivity contribution is 7.14. The van der Waals surface area contributed by atoms with Gasteiger partial charge in [0.15, 0.2) is 5.13 Å². The van der Waals surface area contributed by atoms with E-state index in [-0.39, 0.29) is 11.7 Å². The van der Waals surface area contributed by atoms with Gasteiger partial charge in [-0.2, -0.15) is 0 Å². The Kier molecular flexibility index (Phi) is 5.31. The molecule has 0 bridgehead atoms. The van der Waals surface area contributed by atoms with Crippen LogP contribution >= 0.6 is 22.9 Å². The lowest BCUT2D eigenvalue weighted by molar-refractivity contribution is -0.115. The Morgan fingerprint density at radius 3 is 2.72 bits per heavy atom. The number of carbonyl (C=O) groups is 1. The van der Waals surface area contributed by atoms with Crippen LogP contribution in [0.3, 0.4) is 0 Å². The van der Waals surface area contributed by atoms with Crippen LogP contribution in [0.15, 0.2) is 53.9 Å². The van der Waals surface area contributed by atoms with Crippen LogP contribution in [0.4, 0.5) is 20.9 Å². The van der Waals surface area contributed by atoms with E-state index in [0.29, 0.717) is 16.5 Å². The molecule has 1 atom stereocenters. The van der Waals surface area contributed by atoms with Gasteiger partial charge in [-0.15, -0.1) is 22.9 Å². The van der Waals surface area contributed by atoms with Gasteiger partial charge in [0.1, 0.15) is 11.2 Å². The van der Waals surface area contributed by atoms with Crippen LogP contribution in [0.2, 0.25) is 0 Å². The number of aromatic nitrogens is 1. The number of rotatable bonds is 5. The molecule has 0 aliphatic rings. The molecule has 2 aromatic carbocycles. The normalized spacial score (nSPS) is 11.8. The number of thiazole rings is 1. The first kappa shape index (κ1) is 17.4. The van der Waals surface area contributed by atoms with E-state index in [1.165, 1.54) is 23.5 Å². The molecule has 3 aromatic rings. The molecule has 0 aliphatic carbocycles. The maximum absolute atomic E-state index is 13.2. The minimum atomic E-state index is -0.606. The number of benzene rings is 2. The predicted octanol–water partition coefficient (Wildman–Crippen LogP) is 5.26. The number of halogens is 2. The molecule has 0 radical (unpaired) electrons. The average molecular weight is 376 g/mol. The van der Waals surface area contributed by atoms with E-state index >= 15 is 0 Å². The third-order valence-electron chi connectivity index (χ3n) is 3.37. The van der Waals surface area contributed by atoms with Crippen molar-refractivity contribution in [1.29, 1.82) is 0 Å². The topological polar surface area (TPSA) is 54.0 Å². The molecule has 7 heteroatoms. The first-order valence-electron chi connectivity index (χ1n) is 7.55. The van der Waals surface area contributed by atoms with Crippen LogP contribution < -0.4 is 10.6 Å². The number of carbonyl (C=O) groups excluding carboxylic acids is 1. The van der Waals surface area contributed by atoms with Gasteiger partial charge in [-0.1, -0.05) is 18.2 Å². The van der Waals surface area contributed by atoms with Gasteiger partial charge in [0.05, 0.1) is 5.69 Å². The van der Waals surface area contributed by atoms with Crippen LogP contribution in [0, 0.1) is 5.82 Å². The fraction of sp³-hybridized carbons (Fsp3) is 0.111. The van der Waals surface area contributed by atoms with Gasteiger partial charge in [-0.25, -0.2) is 9.37 Å². The summed E-state index contributed by atoms with van der Waals surface area (Å²) in [6.45, 7) is 1.62. The Bertz CT molecular complexity index is 897. The number of nitrogens with zero attached hydrogens (tertiary/aromatic N) is 1. The van der Waals surface area contributed by atoms with Gasteiger partial charge < -0.3 is 10.6 Å². The molecule has 0 spiro atoms. The highest BCUT2D eigenvalue weighted by Crippen LogP contribution is 2.28. The minimum absolute atomic E-state index is 0.259. The van der Waals surface area contributed by atoms with Gasteiger partial charge in [-0.05, 0) is 37.3 Å². The Balaban J connectivity index is 1.77. The molecule has 2 N–H and O–H groups in total. The maximum atomic E-state index is 13.2. The highest BCUT2D eigenvalue weighted by Gasteiger charge is 2.10. The smallest absolute Gasteiger partial charge is 0.242 e. The van der Waals surface area contributed by atoms with Crippen molar-refractivity contribution in [2.24, 2.45) is 0 Å². The second-order valence-electron chi connectivity index (χ2n) is 5.36. The third-order valence-corrected chi connectivity index (χ3v) is 4.32. The number of anilines is 3. The quantitative estimate of drug-likeness (QED) is 0.598. The molecule has 1 heterocycles. The summed E-state index contributed by atoms with van der Waals surface area (Å²) in [6.07, 6.45) is 0.